The predicted molar refractivity (Wildman–Crippen MR) is 121 cm³/mol. The average Bonchev–Trinajstić information content (AvgIpc) is 3.11. The van der Waals surface area contributed by atoms with Crippen LogP contribution in [0.25, 0.3) is 0 Å². The SMILES string of the molecule is CC1(C)CC(=O)C2=C(C1)N(c1ccccc1C(F)(F)F)C(N)=C(C#N)[C@@H]2c1cc(Br)cs1. The van der Waals surface area contributed by atoms with E-state index in [0.29, 0.717) is 17.7 Å². The van der Waals surface area contributed by atoms with Crippen LogP contribution in [-0.4, -0.2) is 5.78 Å². The molecule has 1 aromatic carbocycles. The molecule has 32 heavy (non-hydrogen) atoms. The van der Waals surface area contributed by atoms with Crippen molar-refractivity contribution in [3.05, 3.63) is 73.3 Å². The number of benzene rings is 1. The number of para-hydroxylation sites is 1. The lowest BCUT2D eigenvalue weighted by Crippen LogP contribution is -2.42. The van der Waals surface area contributed by atoms with Gasteiger partial charge in [-0.1, -0.05) is 26.0 Å². The number of hydrogen-bond acceptors (Lipinski definition) is 5. The van der Waals surface area contributed by atoms with Gasteiger partial charge in [0.25, 0.3) is 0 Å². The van der Waals surface area contributed by atoms with Gasteiger partial charge in [-0.2, -0.15) is 18.4 Å². The smallest absolute Gasteiger partial charge is 0.384 e. The van der Waals surface area contributed by atoms with E-state index < -0.39 is 23.1 Å². The number of carbonyl (C=O) groups excluding carboxylic acids is 1. The van der Waals surface area contributed by atoms with Gasteiger partial charge >= 0.3 is 6.18 Å². The first-order valence-corrected chi connectivity index (χ1v) is 11.5. The Hall–Kier alpha value is -2.57. The summed E-state index contributed by atoms with van der Waals surface area (Å²) >= 11 is 4.77. The molecular weight excluding hydrogens is 503 g/mol. The molecule has 1 aromatic heterocycles. The molecule has 0 radical (unpaired) electrons. The fraction of sp³-hybridized carbons (Fsp3) is 0.304. The maximum atomic E-state index is 13.9. The van der Waals surface area contributed by atoms with E-state index in [4.69, 9.17) is 5.73 Å². The van der Waals surface area contributed by atoms with Gasteiger partial charge in [-0.25, -0.2) is 0 Å². The number of halogens is 4. The average molecular weight is 522 g/mol. The molecule has 4 nitrogen and oxygen atoms in total. The third-order valence-corrected chi connectivity index (χ3v) is 7.46. The van der Waals surface area contributed by atoms with E-state index in [0.717, 1.165) is 15.4 Å². The lowest BCUT2D eigenvalue weighted by molar-refractivity contribution is -0.137. The Morgan fingerprint density at radius 3 is 2.56 bits per heavy atom. The van der Waals surface area contributed by atoms with Crippen molar-refractivity contribution in [3.63, 3.8) is 0 Å². The molecule has 0 saturated heterocycles. The summed E-state index contributed by atoms with van der Waals surface area (Å²) in [6.45, 7) is 3.80. The maximum absolute atomic E-state index is 13.9. The van der Waals surface area contributed by atoms with Gasteiger partial charge in [0.15, 0.2) is 5.78 Å². The lowest BCUT2D eigenvalue weighted by atomic mass is 9.69. The number of nitrogens with zero attached hydrogens (tertiary/aromatic N) is 2. The Morgan fingerprint density at radius 1 is 1.28 bits per heavy atom. The van der Waals surface area contributed by atoms with Crippen molar-refractivity contribution in [2.24, 2.45) is 11.1 Å². The second kappa shape index (κ2) is 7.78. The van der Waals surface area contributed by atoms with Crippen LogP contribution >= 0.6 is 27.3 Å². The van der Waals surface area contributed by atoms with Gasteiger partial charge in [-0.3, -0.25) is 9.69 Å². The van der Waals surface area contributed by atoms with Gasteiger partial charge in [0.2, 0.25) is 0 Å². The van der Waals surface area contributed by atoms with Crippen molar-refractivity contribution >= 4 is 38.7 Å². The Morgan fingerprint density at radius 2 is 1.97 bits per heavy atom. The molecule has 1 aliphatic carbocycles. The summed E-state index contributed by atoms with van der Waals surface area (Å²) in [4.78, 5) is 15.4. The van der Waals surface area contributed by atoms with Crippen molar-refractivity contribution in [1.82, 2.24) is 0 Å². The van der Waals surface area contributed by atoms with Gasteiger partial charge in [-0.05, 0) is 46.0 Å². The first-order chi connectivity index (χ1) is 14.9. The van der Waals surface area contributed by atoms with E-state index in [1.54, 1.807) is 0 Å². The van der Waals surface area contributed by atoms with Crippen LogP contribution in [0.1, 0.15) is 43.0 Å². The Bertz CT molecular complexity index is 1220. The number of hydrogen-bond donors (Lipinski definition) is 1. The predicted octanol–water partition coefficient (Wildman–Crippen LogP) is 6.47. The summed E-state index contributed by atoms with van der Waals surface area (Å²) in [5, 5.41) is 11.8. The van der Waals surface area contributed by atoms with Gasteiger partial charge in [0.1, 0.15) is 5.82 Å². The molecule has 0 amide bonds. The van der Waals surface area contributed by atoms with E-state index in [9.17, 15) is 23.2 Å². The molecule has 2 aliphatic rings. The Balaban J connectivity index is 2.04. The molecule has 166 valence electrons. The van der Waals surface area contributed by atoms with Gasteiger partial charge < -0.3 is 5.73 Å². The molecule has 1 atom stereocenters. The van der Waals surface area contributed by atoms with E-state index in [1.165, 1.54) is 34.4 Å². The molecule has 0 spiro atoms. The number of ketones is 1. The molecular formula is C23H19BrF3N3OS. The van der Waals surface area contributed by atoms with Crippen molar-refractivity contribution in [2.75, 3.05) is 4.90 Å². The molecule has 2 heterocycles. The van der Waals surface area contributed by atoms with Crippen molar-refractivity contribution < 1.29 is 18.0 Å². The molecule has 0 unspecified atom stereocenters. The van der Waals surface area contributed by atoms with Crippen LogP contribution in [0.2, 0.25) is 0 Å². The molecule has 4 rings (SSSR count). The third kappa shape index (κ3) is 3.76. The molecule has 2 aromatic rings. The van der Waals surface area contributed by atoms with E-state index in [-0.39, 0.29) is 29.3 Å². The number of alkyl halides is 3. The minimum Gasteiger partial charge on any atom is -0.384 e. The molecule has 0 fully saturated rings. The standard InChI is InChI=1S/C23H19BrF3N3OS/c1-22(2)8-16-20(17(31)9-22)19(18-7-12(24)11-32-18)13(10-28)21(29)30(16)15-6-4-3-5-14(15)23(25,26)27/h3-7,11,19H,8-9,29H2,1-2H3/t19-/m1/s1. The molecule has 2 N–H and O–H groups in total. The highest BCUT2D eigenvalue weighted by Gasteiger charge is 2.46. The van der Waals surface area contributed by atoms with Gasteiger partial charge in [-0.15, -0.1) is 11.3 Å². The van der Waals surface area contributed by atoms with Crippen LogP contribution in [0.5, 0.6) is 0 Å². The van der Waals surface area contributed by atoms with Crippen LogP contribution in [0, 0.1) is 16.7 Å². The largest absolute Gasteiger partial charge is 0.418 e. The zero-order valence-electron chi connectivity index (χ0n) is 17.3. The number of carbonyl (C=O) groups is 1. The van der Waals surface area contributed by atoms with Crippen LogP contribution in [0.3, 0.4) is 0 Å². The van der Waals surface area contributed by atoms with Gasteiger partial charge in [0.05, 0.1) is 28.8 Å². The number of thiophene rings is 1. The first-order valence-electron chi connectivity index (χ1n) is 9.81. The summed E-state index contributed by atoms with van der Waals surface area (Å²) in [6.07, 6.45) is -4.04. The van der Waals surface area contributed by atoms with Crippen LogP contribution in [-0.2, 0) is 11.0 Å². The highest BCUT2D eigenvalue weighted by atomic mass is 79.9. The summed E-state index contributed by atoms with van der Waals surface area (Å²) in [5.41, 5.74) is 5.74. The summed E-state index contributed by atoms with van der Waals surface area (Å²) in [5.74, 6) is -0.965. The number of allylic oxidation sites excluding steroid dienone is 3. The number of rotatable bonds is 2. The fourth-order valence-electron chi connectivity index (χ4n) is 4.46. The summed E-state index contributed by atoms with van der Waals surface area (Å²) in [7, 11) is 0. The number of anilines is 1. The highest BCUT2D eigenvalue weighted by molar-refractivity contribution is 9.10. The molecule has 1 aliphatic heterocycles. The zero-order valence-corrected chi connectivity index (χ0v) is 19.7. The Kier molecular flexibility index (Phi) is 5.50. The lowest BCUT2D eigenvalue weighted by Gasteiger charge is -2.44. The minimum atomic E-state index is -4.63. The van der Waals surface area contributed by atoms with Gasteiger partial charge in [0, 0.05) is 32.4 Å². The maximum Gasteiger partial charge on any atom is 0.418 e. The van der Waals surface area contributed by atoms with Crippen molar-refractivity contribution in [1.29, 1.82) is 5.26 Å². The number of Topliss-reactive ketones (excluding diaryl/α,β-unsaturated/α-hetero) is 1. The molecule has 0 saturated carbocycles. The van der Waals surface area contributed by atoms with Crippen LogP contribution < -0.4 is 10.6 Å². The normalized spacial score (nSPS) is 21.0. The van der Waals surface area contributed by atoms with Crippen molar-refractivity contribution in [2.45, 2.75) is 38.8 Å². The topological polar surface area (TPSA) is 70.1 Å². The van der Waals surface area contributed by atoms with Crippen LogP contribution in [0.15, 0.2) is 62.8 Å². The zero-order chi connectivity index (χ0) is 23.4. The summed E-state index contributed by atoms with van der Waals surface area (Å²) < 4.78 is 42.4. The highest BCUT2D eigenvalue weighted by Crippen LogP contribution is 2.52. The van der Waals surface area contributed by atoms with Crippen molar-refractivity contribution in [3.8, 4) is 6.07 Å². The van der Waals surface area contributed by atoms with E-state index >= 15 is 0 Å². The molecule has 0 bridgehead atoms. The molecule has 9 heteroatoms. The minimum absolute atomic E-state index is 0.0723. The summed E-state index contributed by atoms with van der Waals surface area (Å²) in [6, 6.07) is 8.99. The third-order valence-electron chi connectivity index (χ3n) is 5.70. The number of nitrogens with two attached hydrogens (primary N) is 1. The quantitative estimate of drug-likeness (QED) is 0.491. The van der Waals surface area contributed by atoms with E-state index in [2.05, 4.69) is 22.0 Å². The second-order valence-corrected chi connectivity index (χ2v) is 10.5. The fourth-order valence-corrected chi connectivity index (χ4v) is 6.02. The number of nitriles is 1. The second-order valence-electron chi connectivity index (χ2n) is 8.66. The monoisotopic (exact) mass is 521 g/mol. The Labute approximate surface area is 196 Å². The van der Waals surface area contributed by atoms with Crippen LogP contribution in [0.4, 0.5) is 18.9 Å². The first kappa shape index (κ1) is 22.6. The van der Waals surface area contributed by atoms with E-state index in [1.807, 2.05) is 25.3 Å².